The molecule has 10 nitrogen and oxygen atoms in total. The fourth-order valence-corrected chi connectivity index (χ4v) is 5.76. The molecule has 1 heterocycles. The first-order chi connectivity index (χ1) is 20.8. The van der Waals surface area contributed by atoms with Crippen molar-refractivity contribution in [2.24, 2.45) is 5.92 Å². The molecule has 0 fully saturated rings. The van der Waals surface area contributed by atoms with E-state index in [1.807, 2.05) is 70.8 Å². The Morgan fingerprint density at radius 3 is 2.14 bits per heavy atom. The Balaban J connectivity index is 1.58. The number of nitrogens with zero attached hydrogens (tertiary/aromatic N) is 1. The van der Waals surface area contributed by atoms with Crippen molar-refractivity contribution in [3.63, 3.8) is 0 Å². The molecule has 0 aliphatic heterocycles. The molecule has 0 saturated carbocycles. The standard InChI is InChI=1S/C32H36N4O6S2/c1-32(2,3)42-31(38)33-20-25(18-22-10-6-4-7-11-22)29(37)34-27(19-23-14-16-26(17-15-23)36-44(39,40)41)30-35-28(21-43-30)24-12-8-5-9-13-24/h4-17,21,25,27,36H,18-20H2,1-3H3,(H,33,38)(H,34,37)(H,39,40,41)/t25-,27?/m0/s1. The maximum Gasteiger partial charge on any atom is 0.407 e. The number of carbonyl (C=O) groups is 2. The summed E-state index contributed by atoms with van der Waals surface area (Å²) < 4.78 is 38.9. The van der Waals surface area contributed by atoms with Crippen molar-refractivity contribution in [2.75, 3.05) is 11.3 Å². The highest BCUT2D eigenvalue weighted by molar-refractivity contribution is 7.87. The van der Waals surface area contributed by atoms with Gasteiger partial charge in [0.2, 0.25) is 5.91 Å². The summed E-state index contributed by atoms with van der Waals surface area (Å²) in [6, 6.07) is 25.2. The number of amides is 2. The summed E-state index contributed by atoms with van der Waals surface area (Å²) in [6.45, 7) is 5.38. The van der Waals surface area contributed by atoms with Gasteiger partial charge in [0, 0.05) is 17.5 Å². The van der Waals surface area contributed by atoms with Crippen molar-refractivity contribution in [3.8, 4) is 11.3 Å². The highest BCUT2D eigenvalue weighted by atomic mass is 32.2. The molecule has 1 unspecified atom stereocenters. The lowest BCUT2D eigenvalue weighted by atomic mass is 9.97. The molecule has 0 spiro atoms. The van der Waals surface area contributed by atoms with E-state index in [2.05, 4.69) is 10.6 Å². The van der Waals surface area contributed by atoms with Crippen molar-refractivity contribution < 1.29 is 27.3 Å². The van der Waals surface area contributed by atoms with E-state index in [1.165, 1.54) is 23.5 Å². The highest BCUT2D eigenvalue weighted by Gasteiger charge is 2.26. The van der Waals surface area contributed by atoms with E-state index in [1.54, 1.807) is 32.9 Å². The average Bonchev–Trinajstić information content (AvgIpc) is 3.46. The lowest BCUT2D eigenvalue weighted by Gasteiger charge is -2.24. The van der Waals surface area contributed by atoms with Crippen LogP contribution in [0.3, 0.4) is 0 Å². The summed E-state index contributed by atoms with van der Waals surface area (Å²) >= 11 is 1.42. The number of aromatic nitrogens is 1. The lowest BCUT2D eigenvalue weighted by Crippen LogP contribution is -2.43. The fraction of sp³-hybridized carbons (Fsp3) is 0.281. The third-order valence-electron chi connectivity index (χ3n) is 6.43. The van der Waals surface area contributed by atoms with Gasteiger partial charge >= 0.3 is 16.4 Å². The van der Waals surface area contributed by atoms with E-state index in [0.717, 1.165) is 22.4 Å². The number of hydrogen-bond acceptors (Lipinski definition) is 7. The van der Waals surface area contributed by atoms with E-state index >= 15 is 0 Å². The van der Waals surface area contributed by atoms with Crippen LogP contribution in [0.5, 0.6) is 0 Å². The number of alkyl carbamates (subject to hydrolysis) is 1. The van der Waals surface area contributed by atoms with Crippen LogP contribution in [0, 0.1) is 5.92 Å². The van der Waals surface area contributed by atoms with Crippen LogP contribution < -0.4 is 15.4 Å². The summed E-state index contributed by atoms with van der Waals surface area (Å²) in [5.41, 5.74) is 3.00. The van der Waals surface area contributed by atoms with Crippen molar-refractivity contribution in [1.29, 1.82) is 0 Å². The van der Waals surface area contributed by atoms with Crippen LogP contribution in [-0.4, -0.2) is 42.1 Å². The van der Waals surface area contributed by atoms with E-state index in [9.17, 15) is 18.0 Å². The van der Waals surface area contributed by atoms with Crippen molar-refractivity contribution in [1.82, 2.24) is 15.6 Å². The van der Waals surface area contributed by atoms with Crippen LogP contribution >= 0.6 is 11.3 Å². The fourth-order valence-electron chi connectivity index (χ4n) is 4.45. The molecular weight excluding hydrogens is 601 g/mol. The Labute approximate surface area is 261 Å². The van der Waals surface area contributed by atoms with Crippen LogP contribution in [0.1, 0.15) is 42.9 Å². The molecule has 0 saturated heterocycles. The maximum atomic E-state index is 13.9. The van der Waals surface area contributed by atoms with Crippen LogP contribution in [0.25, 0.3) is 11.3 Å². The Kier molecular flexibility index (Phi) is 10.7. The number of benzene rings is 3. The van der Waals surface area contributed by atoms with Gasteiger partial charge in [-0.05, 0) is 56.9 Å². The minimum Gasteiger partial charge on any atom is -0.444 e. The van der Waals surface area contributed by atoms with E-state index in [4.69, 9.17) is 14.3 Å². The molecule has 3 aromatic carbocycles. The summed E-state index contributed by atoms with van der Waals surface area (Å²) in [4.78, 5) is 31.2. The first kappa shape index (κ1) is 32.6. The van der Waals surface area contributed by atoms with Gasteiger partial charge in [0.25, 0.3) is 0 Å². The first-order valence-corrected chi connectivity index (χ1v) is 16.3. The second-order valence-electron chi connectivity index (χ2n) is 11.2. The Morgan fingerprint density at radius 1 is 0.909 bits per heavy atom. The van der Waals surface area contributed by atoms with Gasteiger partial charge < -0.3 is 15.4 Å². The summed E-state index contributed by atoms with van der Waals surface area (Å²) in [5.74, 6) is -0.877. The number of hydrogen-bond donors (Lipinski definition) is 4. The van der Waals surface area contributed by atoms with Gasteiger partial charge in [0.1, 0.15) is 10.6 Å². The largest absolute Gasteiger partial charge is 0.444 e. The molecule has 4 rings (SSSR count). The average molecular weight is 637 g/mol. The van der Waals surface area contributed by atoms with Gasteiger partial charge in [-0.15, -0.1) is 11.3 Å². The third-order valence-corrected chi connectivity index (χ3v) is 7.89. The molecule has 44 heavy (non-hydrogen) atoms. The molecule has 0 radical (unpaired) electrons. The highest BCUT2D eigenvalue weighted by Crippen LogP contribution is 2.28. The first-order valence-electron chi connectivity index (χ1n) is 14.0. The molecule has 2 amide bonds. The quantitative estimate of drug-likeness (QED) is 0.144. The molecule has 12 heteroatoms. The van der Waals surface area contributed by atoms with Crippen LogP contribution in [-0.2, 0) is 32.7 Å². The maximum absolute atomic E-state index is 13.9. The molecule has 0 aliphatic carbocycles. The summed E-state index contributed by atoms with van der Waals surface area (Å²) in [7, 11) is -4.41. The predicted octanol–water partition coefficient (Wildman–Crippen LogP) is 5.81. The minimum atomic E-state index is -4.41. The summed E-state index contributed by atoms with van der Waals surface area (Å²) in [6.07, 6.45) is 0.140. The SMILES string of the molecule is CC(C)(C)OC(=O)NC[C@H](Cc1ccccc1)C(=O)NC(Cc1ccc(NS(=O)(=O)O)cc1)c1nc(-c2ccccc2)cs1. The molecule has 0 bridgehead atoms. The second-order valence-corrected chi connectivity index (χ2v) is 13.3. The second kappa shape index (κ2) is 14.5. The molecule has 1 aromatic heterocycles. The number of carbonyl (C=O) groups excluding carboxylic acids is 2. The van der Waals surface area contributed by atoms with Gasteiger partial charge in [-0.3, -0.25) is 14.1 Å². The molecule has 4 aromatic rings. The van der Waals surface area contributed by atoms with Gasteiger partial charge in [0.15, 0.2) is 0 Å². The third kappa shape index (κ3) is 10.5. The van der Waals surface area contributed by atoms with Crippen LogP contribution in [0.15, 0.2) is 90.3 Å². The Morgan fingerprint density at radius 2 is 1.52 bits per heavy atom. The van der Waals surface area contributed by atoms with E-state index in [0.29, 0.717) is 17.8 Å². The van der Waals surface area contributed by atoms with Crippen molar-refractivity contribution in [2.45, 2.75) is 45.3 Å². The van der Waals surface area contributed by atoms with Gasteiger partial charge in [-0.25, -0.2) is 9.78 Å². The zero-order chi connectivity index (χ0) is 31.7. The van der Waals surface area contributed by atoms with Gasteiger partial charge in [-0.2, -0.15) is 8.42 Å². The minimum absolute atomic E-state index is 0.0610. The van der Waals surface area contributed by atoms with Crippen molar-refractivity contribution >= 4 is 39.3 Å². The van der Waals surface area contributed by atoms with Crippen LogP contribution in [0.4, 0.5) is 10.5 Å². The number of ether oxygens (including phenoxy) is 1. The van der Waals surface area contributed by atoms with Crippen LogP contribution in [0.2, 0.25) is 0 Å². The summed E-state index contributed by atoms with van der Waals surface area (Å²) in [5, 5.41) is 8.53. The van der Waals surface area contributed by atoms with E-state index < -0.39 is 34.0 Å². The molecular formula is C32H36N4O6S2. The zero-order valence-electron chi connectivity index (χ0n) is 24.7. The van der Waals surface area contributed by atoms with Crippen molar-refractivity contribution in [3.05, 3.63) is 106 Å². The smallest absolute Gasteiger partial charge is 0.407 e. The molecule has 232 valence electrons. The lowest BCUT2D eigenvalue weighted by molar-refractivity contribution is -0.125. The zero-order valence-corrected chi connectivity index (χ0v) is 26.3. The van der Waals surface area contributed by atoms with Gasteiger partial charge in [-0.1, -0.05) is 72.8 Å². The Hall–Kier alpha value is -4.26. The topological polar surface area (TPSA) is 147 Å². The molecule has 0 aliphatic rings. The normalized spacial score (nSPS) is 13.0. The predicted molar refractivity (Wildman–Crippen MR) is 172 cm³/mol. The number of thiazole rings is 1. The monoisotopic (exact) mass is 636 g/mol. The molecule has 4 N–H and O–H groups in total. The molecule has 2 atom stereocenters. The number of anilines is 1. The Bertz CT molecular complexity index is 1640. The number of nitrogens with one attached hydrogen (secondary N) is 3. The van der Waals surface area contributed by atoms with Gasteiger partial charge in [0.05, 0.1) is 23.3 Å². The van der Waals surface area contributed by atoms with E-state index in [-0.39, 0.29) is 18.1 Å². The number of rotatable bonds is 12.